The van der Waals surface area contributed by atoms with Crippen LogP contribution >= 0.6 is 0 Å². The molecule has 0 aliphatic carbocycles. The molecule has 3 aromatic carbocycles. The topological polar surface area (TPSA) is 193 Å². The number of aryl methyl sites for hydroxylation is 1. The summed E-state index contributed by atoms with van der Waals surface area (Å²) in [5, 5.41) is 40.6. The van der Waals surface area contributed by atoms with Crippen molar-refractivity contribution >= 4 is 22.9 Å². The first-order chi connectivity index (χ1) is 31.2. The van der Waals surface area contributed by atoms with Crippen molar-refractivity contribution in [2.24, 2.45) is 0 Å². The lowest BCUT2D eigenvalue weighted by atomic mass is 9.84. The quantitative estimate of drug-likeness (QED) is 0.106. The van der Waals surface area contributed by atoms with E-state index in [0.717, 1.165) is 22.1 Å². The summed E-state index contributed by atoms with van der Waals surface area (Å²) in [6, 6.07) is 18.0. The first-order valence-electron chi connectivity index (χ1n) is 22.1. The van der Waals surface area contributed by atoms with E-state index in [1.54, 1.807) is 21.6 Å². The summed E-state index contributed by atoms with van der Waals surface area (Å²) in [6.45, 7) is 17.1. The fraction of sp³-hybridized carbons (Fsp3) is 0.340. The average Bonchev–Trinajstić information content (AvgIpc) is 3.90. The number of aliphatic hydroxyl groups is 1. The van der Waals surface area contributed by atoms with Crippen molar-refractivity contribution in [1.29, 1.82) is 0 Å². The van der Waals surface area contributed by atoms with Crippen LogP contribution in [-0.2, 0) is 36.5 Å². The molecular formula is C50H52N6O9. The van der Waals surface area contributed by atoms with Gasteiger partial charge in [-0.15, -0.1) is 0 Å². The molecule has 6 aromatic rings. The van der Waals surface area contributed by atoms with Crippen LogP contribution in [-0.4, -0.2) is 84.6 Å². The number of carbonyl (C=O) groups excluding carboxylic acids is 2. The van der Waals surface area contributed by atoms with Gasteiger partial charge in [0.1, 0.15) is 35.2 Å². The van der Waals surface area contributed by atoms with Gasteiger partial charge in [-0.25, -0.2) is 9.78 Å². The van der Waals surface area contributed by atoms with Crippen LogP contribution in [0.1, 0.15) is 90.8 Å². The van der Waals surface area contributed by atoms with E-state index in [9.17, 15) is 29.7 Å². The van der Waals surface area contributed by atoms with Crippen molar-refractivity contribution in [2.45, 2.75) is 78.7 Å². The van der Waals surface area contributed by atoms with Gasteiger partial charge in [-0.2, -0.15) is 0 Å². The van der Waals surface area contributed by atoms with Gasteiger partial charge in [0.2, 0.25) is 0 Å². The number of nitrogens with zero attached hydrogens (tertiary/aromatic N) is 5. The number of fused-ring (bicyclic) bond motifs is 5. The van der Waals surface area contributed by atoms with Crippen LogP contribution in [0, 0.1) is 0 Å². The van der Waals surface area contributed by atoms with E-state index in [4.69, 9.17) is 19.0 Å². The molecule has 0 radical (unpaired) electrons. The van der Waals surface area contributed by atoms with Gasteiger partial charge in [0.15, 0.2) is 11.5 Å². The maximum atomic E-state index is 13.8. The molecule has 2 amide bonds. The van der Waals surface area contributed by atoms with Crippen LogP contribution in [0.2, 0.25) is 0 Å². The summed E-state index contributed by atoms with van der Waals surface area (Å²) < 4.78 is 19.1. The number of amides is 2. The predicted molar refractivity (Wildman–Crippen MR) is 244 cm³/mol. The van der Waals surface area contributed by atoms with Gasteiger partial charge >= 0.3 is 6.09 Å². The molecule has 15 nitrogen and oxygen atoms in total. The van der Waals surface area contributed by atoms with Crippen LogP contribution in [0.25, 0.3) is 44.7 Å². The summed E-state index contributed by atoms with van der Waals surface area (Å²) in [6.07, 6.45) is 0.527. The highest BCUT2D eigenvalue weighted by Crippen LogP contribution is 2.45. The number of piperazine rings is 1. The number of benzene rings is 3. The van der Waals surface area contributed by atoms with E-state index >= 15 is 0 Å². The molecule has 0 spiro atoms. The third-order valence-electron chi connectivity index (χ3n) is 13.0. The van der Waals surface area contributed by atoms with Gasteiger partial charge in [0.05, 0.1) is 40.1 Å². The van der Waals surface area contributed by atoms with Crippen molar-refractivity contribution < 1.29 is 38.9 Å². The van der Waals surface area contributed by atoms with Crippen LogP contribution in [0.15, 0.2) is 82.3 Å². The molecule has 4 N–H and O–H groups in total. The number of carbonyl (C=O) groups is 2. The Balaban J connectivity index is 0.880. The fourth-order valence-corrected chi connectivity index (χ4v) is 9.39. The highest BCUT2D eigenvalue weighted by Gasteiger charge is 2.42. The van der Waals surface area contributed by atoms with E-state index in [-0.39, 0.29) is 46.8 Å². The Morgan fingerprint density at radius 2 is 1.72 bits per heavy atom. The highest BCUT2D eigenvalue weighted by molar-refractivity contribution is 6.02. The summed E-state index contributed by atoms with van der Waals surface area (Å²) in [4.78, 5) is 49.5. The van der Waals surface area contributed by atoms with E-state index in [2.05, 4.69) is 28.9 Å². The second kappa shape index (κ2) is 16.9. The number of rotatable bonds is 10. The second-order valence-electron chi connectivity index (χ2n) is 17.2. The molecule has 9 rings (SSSR count). The lowest BCUT2D eigenvalue weighted by molar-refractivity contribution is -0.0172. The van der Waals surface area contributed by atoms with Crippen molar-refractivity contribution in [3.8, 4) is 51.1 Å². The zero-order valence-electron chi connectivity index (χ0n) is 37.2. The van der Waals surface area contributed by atoms with Crippen molar-refractivity contribution in [3.05, 3.63) is 122 Å². The van der Waals surface area contributed by atoms with Crippen molar-refractivity contribution in [3.63, 3.8) is 0 Å². The molecule has 6 heterocycles. The molecule has 1 unspecified atom stereocenters. The van der Waals surface area contributed by atoms with Gasteiger partial charge in [-0.3, -0.25) is 14.5 Å². The molecule has 3 aliphatic rings. The first kappa shape index (κ1) is 43.3. The molecule has 3 aliphatic heterocycles. The summed E-state index contributed by atoms with van der Waals surface area (Å²) >= 11 is 0. The van der Waals surface area contributed by atoms with E-state index < -0.39 is 17.6 Å². The number of pyridine rings is 2. The van der Waals surface area contributed by atoms with Crippen LogP contribution in [0.5, 0.6) is 17.2 Å². The molecule has 1 atom stereocenters. The summed E-state index contributed by atoms with van der Waals surface area (Å²) in [7, 11) is 0. The lowest BCUT2D eigenvalue weighted by Crippen LogP contribution is -2.49. The second-order valence-corrected chi connectivity index (χ2v) is 17.2. The maximum absolute atomic E-state index is 13.8. The molecule has 3 aromatic heterocycles. The Morgan fingerprint density at radius 1 is 0.969 bits per heavy atom. The SMILES string of the molecule is C=C1OCc2c(cc3n(c2=O)Cc2c-3nc3ccc(OC(=O)N4CCN(Cc5ccc(-c6c(C(=O)NCC)noc6-c6cc(C(C)C)c(O)cc6O)cc5)CC4)cc3c2CC)C1(O)CC. The van der Waals surface area contributed by atoms with E-state index in [0.29, 0.717) is 115 Å². The fourth-order valence-electron chi connectivity index (χ4n) is 9.39. The van der Waals surface area contributed by atoms with Gasteiger partial charge in [-0.1, -0.05) is 63.7 Å². The number of ether oxygens (including phenoxy) is 2. The number of aromatic nitrogens is 3. The summed E-state index contributed by atoms with van der Waals surface area (Å²) in [5.74, 6) is 0.167. The molecule has 1 saturated heterocycles. The number of hydrogen-bond donors (Lipinski definition) is 4. The van der Waals surface area contributed by atoms with Gasteiger partial charge in [-0.05, 0) is 78.3 Å². The number of nitrogens with one attached hydrogen (secondary N) is 1. The van der Waals surface area contributed by atoms with E-state index in [1.165, 1.54) is 6.07 Å². The number of hydrogen-bond acceptors (Lipinski definition) is 12. The summed E-state index contributed by atoms with van der Waals surface area (Å²) in [5.41, 5.74) is 6.39. The third kappa shape index (κ3) is 7.47. The van der Waals surface area contributed by atoms with Crippen molar-refractivity contribution in [1.82, 2.24) is 29.8 Å². The molecule has 15 heteroatoms. The maximum Gasteiger partial charge on any atom is 0.415 e. The van der Waals surface area contributed by atoms with Crippen LogP contribution < -0.4 is 15.6 Å². The molecule has 0 bridgehead atoms. The molecule has 336 valence electrons. The lowest BCUT2D eigenvalue weighted by Gasteiger charge is -2.35. The Labute approximate surface area is 375 Å². The van der Waals surface area contributed by atoms with Crippen LogP contribution in [0.3, 0.4) is 0 Å². The normalized spacial score (nSPS) is 16.9. The van der Waals surface area contributed by atoms with Gasteiger partial charge in [0, 0.05) is 61.8 Å². The number of phenolic OH excluding ortho intramolecular Hbond substituents is 2. The first-order valence-corrected chi connectivity index (χ1v) is 22.1. The molecule has 0 saturated carbocycles. The minimum Gasteiger partial charge on any atom is -0.508 e. The highest BCUT2D eigenvalue weighted by atomic mass is 16.6. The van der Waals surface area contributed by atoms with Crippen molar-refractivity contribution in [2.75, 3.05) is 32.7 Å². The standard InChI is InChI=1S/C50H52N6O9/c1-7-32-34-20-31(14-15-39(34)52-44-36(32)25-56-40(44)22-38-37(48(56)60)26-63-28(6)50(38,62)8-2)64-49(61)55-18-16-54(17-19-55)24-29-10-12-30(13-11-29)43-45(47(59)51-9-3)53-65-46(43)35-21-33(27(4)5)41(57)23-42(35)58/h10-15,20-23,27,57-58,62H,6-9,16-19,24-26H2,1-5H3,(H,51,59). The number of aromatic hydroxyl groups is 2. The zero-order valence-corrected chi connectivity index (χ0v) is 37.2. The minimum atomic E-state index is -1.47. The van der Waals surface area contributed by atoms with Crippen LogP contribution in [0.4, 0.5) is 4.79 Å². The minimum absolute atomic E-state index is 0.0333. The Hall–Kier alpha value is -6.97. The predicted octanol–water partition coefficient (Wildman–Crippen LogP) is 7.55. The van der Waals surface area contributed by atoms with Gasteiger partial charge in [0.25, 0.3) is 11.5 Å². The third-order valence-corrected chi connectivity index (χ3v) is 13.0. The largest absolute Gasteiger partial charge is 0.508 e. The van der Waals surface area contributed by atoms with Gasteiger partial charge < -0.3 is 44.1 Å². The van der Waals surface area contributed by atoms with E-state index in [1.807, 2.05) is 70.2 Å². The molecular weight excluding hydrogens is 829 g/mol. The smallest absolute Gasteiger partial charge is 0.415 e. The Kier molecular flexibility index (Phi) is 11.2. The monoisotopic (exact) mass is 880 g/mol. The molecule has 65 heavy (non-hydrogen) atoms. The zero-order chi connectivity index (χ0) is 45.9. The molecule has 1 fully saturated rings. The average molecular weight is 881 g/mol. The Morgan fingerprint density at radius 3 is 2.42 bits per heavy atom. The number of phenols is 2. The Bertz CT molecular complexity index is 2960.